The molecule has 9 heteroatoms. The average Bonchev–Trinajstić information content (AvgIpc) is 3.60. The lowest BCUT2D eigenvalue weighted by Crippen LogP contribution is -2.43. The number of nitrogen functional groups attached to an aromatic ring is 1. The van der Waals surface area contributed by atoms with Crippen LogP contribution in [0.4, 0.5) is 23.3 Å². The number of nitrogens with zero attached hydrogens (tertiary/aromatic N) is 7. The van der Waals surface area contributed by atoms with Crippen LogP contribution in [0.5, 0.6) is 0 Å². The van der Waals surface area contributed by atoms with Gasteiger partial charge >= 0.3 is 0 Å². The number of fused-ring (bicyclic) bond motifs is 3. The molecule has 2 saturated heterocycles. The van der Waals surface area contributed by atoms with Crippen molar-refractivity contribution in [1.82, 2.24) is 29.9 Å². The van der Waals surface area contributed by atoms with Crippen LogP contribution in [0.15, 0.2) is 54.6 Å². The molecule has 2 aromatic carbocycles. The van der Waals surface area contributed by atoms with E-state index in [1.54, 1.807) is 4.68 Å². The summed E-state index contributed by atoms with van der Waals surface area (Å²) in [5.74, 6) is 1.32. The molecule has 3 aliphatic rings. The number of benzene rings is 2. The van der Waals surface area contributed by atoms with Crippen molar-refractivity contribution in [3.05, 3.63) is 65.7 Å². The van der Waals surface area contributed by atoms with Crippen molar-refractivity contribution in [3.8, 4) is 17.1 Å². The van der Waals surface area contributed by atoms with Crippen LogP contribution >= 0.6 is 0 Å². The second kappa shape index (κ2) is 10.3. The van der Waals surface area contributed by atoms with Gasteiger partial charge in [0.05, 0.1) is 5.69 Å². The van der Waals surface area contributed by atoms with Gasteiger partial charge < -0.3 is 20.9 Å². The van der Waals surface area contributed by atoms with Gasteiger partial charge in [0, 0.05) is 36.1 Å². The molecule has 200 valence electrons. The molecule has 2 aliphatic heterocycles. The minimum atomic E-state index is 0.192. The highest BCUT2D eigenvalue weighted by molar-refractivity contribution is 5.68. The third kappa shape index (κ3) is 4.83. The fourth-order valence-electron chi connectivity index (χ4n) is 6.43. The Morgan fingerprint density at radius 1 is 0.821 bits per heavy atom. The summed E-state index contributed by atoms with van der Waals surface area (Å²) in [6.45, 7) is 4.79. The minimum absolute atomic E-state index is 0.192. The zero-order chi connectivity index (χ0) is 26.2. The van der Waals surface area contributed by atoms with E-state index < -0.39 is 0 Å². The van der Waals surface area contributed by atoms with Crippen LogP contribution in [0.1, 0.15) is 43.2 Å². The Bertz CT molecular complexity index is 1450. The van der Waals surface area contributed by atoms with Gasteiger partial charge in [-0.3, -0.25) is 0 Å². The molecule has 2 aromatic heterocycles. The maximum atomic E-state index is 6.03. The van der Waals surface area contributed by atoms with Crippen molar-refractivity contribution in [2.75, 3.05) is 42.1 Å². The lowest BCUT2D eigenvalue weighted by atomic mass is 10.0. The molecular formula is C30H35N9. The summed E-state index contributed by atoms with van der Waals surface area (Å²) in [5.41, 5.74) is 12.8. The number of likely N-dealkylation sites (tertiary alicyclic amines) is 1. The van der Waals surface area contributed by atoms with Crippen LogP contribution in [-0.4, -0.2) is 62.1 Å². The normalized spacial score (nSPS) is 18.0. The molecular weight excluding hydrogens is 486 g/mol. The Labute approximate surface area is 229 Å². The summed E-state index contributed by atoms with van der Waals surface area (Å²) in [6, 6.07) is 19.8. The lowest BCUT2D eigenvalue weighted by molar-refractivity contribution is 0.208. The summed E-state index contributed by atoms with van der Waals surface area (Å²) in [6.07, 6.45) is 8.27. The molecule has 9 nitrogen and oxygen atoms in total. The number of nitrogens with two attached hydrogens (primary N) is 1. The molecule has 3 N–H and O–H groups in total. The van der Waals surface area contributed by atoms with E-state index in [0.717, 1.165) is 49.8 Å². The Morgan fingerprint density at radius 3 is 2.41 bits per heavy atom. The van der Waals surface area contributed by atoms with Crippen LogP contribution in [-0.2, 0) is 12.8 Å². The molecule has 7 rings (SSSR count). The van der Waals surface area contributed by atoms with E-state index in [1.165, 1.54) is 61.2 Å². The third-order valence-electron chi connectivity index (χ3n) is 8.48. The molecule has 4 aromatic rings. The van der Waals surface area contributed by atoms with E-state index >= 15 is 0 Å². The van der Waals surface area contributed by atoms with Gasteiger partial charge in [0.1, 0.15) is 0 Å². The summed E-state index contributed by atoms with van der Waals surface area (Å²) < 4.78 is 1.65. The van der Waals surface area contributed by atoms with Crippen molar-refractivity contribution < 1.29 is 0 Å². The first-order valence-corrected chi connectivity index (χ1v) is 14.3. The highest BCUT2D eigenvalue weighted by Crippen LogP contribution is 2.32. The number of anilines is 4. The standard InChI is InChI=1S/C30H35N9/c31-29-33-30(32-23-10-12-24(13-11-23)38-18-14-25(15-19-38)37-16-3-4-17-37)39(36-29)27-20-22-8-5-7-21-6-1-2-9-26(21)28(22)35-34-27/h1-2,6,9-13,20,25H,3-5,7-8,14-19H2,(H3,31,32,33,36). The van der Waals surface area contributed by atoms with Gasteiger partial charge in [-0.15, -0.1) is 15.3 Å². The average molecular weight is 522 g/mol. The van der Waals surface area contributed by atoms with Crippen LogP contribution in [0, 0.1) is 0 Å². The molecule has 2 fully saturated rings. The fourth-order valence-corrected chi connectivity index (χ4v) is 6.43. The molecule has 0 bridgehead atoms. The van der Waals surface area contributed by atoms with E-state index in [9.17, 15) is 0 Å². The van der Waals surface area contributed by atoms with Gasteiger partial charge in [-0.05, 0) is 99.5 Å². The number of nitrogens with one attached hydrogen (secondary N) is 1. The minimum Gasteiger partial charge on any atom is -0.371 e. The second-order valence-corrected chi connectivity index (χ2v) is 10.9. The van der Waals surface area contributed by atoms with Gasteiger partial charge in [-0.25, -0.2) is 0 Å². The fraction of sp³-hybridized carbons (Fsp3) is 0.400. The topological polar surface area (TPSA) is 101 Å². The number of rotatable bonds is 5. The maximum Gasteiger partial charge on any atom is 0.241 e. The number of aromatic nitrogens is 5. The highest BCUT2D eigenvalue weighted by atomic mass is 15.5. The SMILES string of the molecule is Nc1nc(Nc2ccc(N3CCC(N4CCCC4)CC3)cc2)n(-c2cc3c(nn2)-c2ccccc2CCC3)n1. The predicted molar refractivity (Wildman–Crippen MR) is 155 cm³/mol. The van der Waals surface area contributed by atoms with E-state index in [2.05, 4.69) is 90.0 Å². The quantitative estimate of drug-likeness (QED) is 0.393. The Hall–Kier alpha value is -3.98. The molecule has 0 unspecified atom stereocenters. The first kappa shape index (κ1) is 24.1. The predicted octanol–water partition coefficient (Wildman–Crippen LogP) is 4.60. The summed E-state index contributed by atoms with van der Waals surface area (Å²) >= 11 is 0. The van der Waals surface area contributed by atoms with Crippen molar-refractivity contribution in [1.29, 1.82) is 0 Å². The zero-order valence-corrected chi connectivity index (χ0v) is 22.3. The Kier molecular flexibility index (Phi) is 6.36. The summed E-state index contributed by atoms with van der Waals surface area (Å²) in [4.78, 5) is 9.64. The third-order valence-corrected chi connectivity index (χ3v) is 8.48. The van der Waals surface area contributed by atoms with E-state index in [-0.39, 0.29) is 5.95 Å². The van der Waals surface area contributed by atoms with Crippen LogP contribution < -0.4 is 16.0 Å². The summed E-state index contributed by atoms with van der Waals surface area (Å²) in [5, 5.41) is 17.0. The molecule has 4 heterocycles. The van der Waals surface area contributed by atoms with Gasteiger partial charge in [0.15, 0.2) is 5.82 Å². The first-order valence-electron chi connectivity index (χ1n) is 14.3. The second-order valence-electron chi connectivity index (χ2n) is 10.9. The molecule has 0 amide bonds. The molecule has 0 radical (unpaired) electrons. The molecule has 1 aliphatic carbocycles. The summed E-state index contributed by atoms with van der Waals surface area (Å²) in [7, 11) is 0. The number of hydrogen-bond donors (Lipinski definition) is 2. The largest absolute Gasteiger partial charge is 0.371 e. The van der Waals surface area contributed by atoms with Crippen molar-refractivity contribution in [3.63, 3.8) is 0 Å². The van der Waals surface area contributed by atoms with Gasteiger partial charge in [0.2, 0.25) is 11.9 Å². The first-order chi connectivity index (χ1) is 19.2. The Balaban J connectivity index is 1.07. The van der Waals surface area contributed by atoms with Crippen LogP contribution in [0.25, 0.3) is 17.1 Å². The van der Waals surface area contributed by atoms with Crippen molar-refractivity contribution >= 4 is 23.3 Å². The lowest BCUT2D eigenvalue weighted by Gasteiger charge is -2.37. The number of piperidine rings is 1. The molecule has 0 spiro atoms. The van der Waals surface area contributed by atoms with Crippen LogP contribution in [0.3, 0.4) is 0 Å². The van der Waals surface area contributed by atoms with Gasteiger partial charge in [-0.1, -0.05) is 24.3 Å². The van der Waals surface area contributed by atoms with Crippen molar-refractivity contribution in [2.24, 2.45) is 0 Å². The van der Waals surface area contributed by atoms with E-state index in [1.807, 2.05) is 0 Å². The van der Waals surface area contributed by atoms with E-state index in [4.69, 9.17) is 5.73 Å². The molecule has 0 saturated carbocycles. The zero-order valence-electron chi connectivity index (χ0n) is 22.3. The van der Waals surface area contributed by atoms with Gasteiger partial charge in [0.25, 0.3) is 0 Å². The monoisotopic (exact) mass is 521 g/mol. The van der Waals surface area contributed by atoms with Crippen LogP contribution in [0.2, 0.25) is 0 Å². The van der Waals surface area contributed by atoms with Gasteiger partial charge in [-0.2, -0.15) is 9.67 Å². The highest BCUT2D eigenvalue weighted by Gasteiger charge is 2.26. The van der Waals surface area contributed by atoms with Crippen molar-refractivity contribution in [2.45, 2.75) is 51.0 Å². The number of hydrogen-bond acceptors (Lipinski definition) is 8. The number of aryl methyl sites for hydroxylation is 2. The van der Waals surface area contributed by atoms with E-state index in [0.29, 0.717) is 11.8 Å². The molecule has 0 atom stereocenters. The maximum absolute atomic E-state index is 6.03. The molecule has 39 heavy (non-hydrogen) atoms. The Morgan fingerprint density at radius 2 is 1.59 bits per heavy atom. The smallest absolute Gasteiger partial charge is 0.241 e.